The van der Waals surface area contributed by atoms with Crippen LogP contribution in [0.5, 0.6) is 0 Å². The van der Waals surface area contributed by atoms with Gasteiger partial charge in [-0.2, -0.15) is 13.2 Å². The predicted octanol–water partition coefficient (Wildman–Crippen LogP) is 3.97. The van der Waals surface area contributed by atoms with Crippen molar-refractivity contribution >= 4 is 28.9 Å². The molecule has 3 aromatic rings. The van der Waals surface area contributed by atoms with E-state index in [9.17, 15) is 22.8 Å². The number of carbonyl (C=O) groups excluding carboxylic acids is 2. The number of anilines is 3. The van der Waals surface area contributed by atoms with E-state index in [0.717, 1.165) is 6.07 Å². The summed E-state index contributed by atoms with van der Waals surface area (Å²) in [6.07, 6.45) is 0.547. The van der Waals surface area contributed by atoms with Crippen molar-refractivity contribution in [3.8, 4) is 0 Å². The molecule has 2 aromatic heterocycles. The van der Waals surface area contributed by atoms with Gasteiger partial charge in [-0.15, -0.1) is 0 Å². The average molecular weight is 531 g/mol. The molecular weight excluding hydrogens is 501 g/mol. The minimum atomic E-state index is -4.48. The van der Waals surface area contributed by atoms with Gasteiger partial charge in [-0.1, -0.05) is 12.1 Å². The van der Waals surface area contributed by atoms with E-state index < -0.39 is 11.7 Å². The smallest absolute Gasteiger partial charge is 0.397 e. The zero-order valence-corrected chi connectivity index (χ0v) is 20.8. The number of aromatic nitrogens is 2. The number of nitrogens with zero attached hydrogens (tertiary/aromatic N) is 2. The summed E-state index contributed by atoms with van der Waals surface area (Å²) >= 11 is 0. The second-order valence-electron chi connectivity index (χ2n) is 8.41. The summed E-state index contributed by atoms with van der Waals surface area (Å²) in [6, 6.07) is 8.42. The largest absolute Gasteiger partial charge is 0.418 e. The van der Waals surface area contributed by atoms with E-state index >= 15 is 0 Å². The number of benzene rings is 1. The Morgan fingerprint density at radius 1 is 1.05 bits per heavy atom. The van der Waals surface area contributed by atoms with Crippen LogP contribution in [0.25, 0.3) is 0 Å². The number of nitrogens with two attached hydrogens (primary N) is 1. The van der Waals surface area contributed by atoms with Crippen LogP contribution in [0.1, 0.15) is 40.0 Å². The van der Waals surface area contributed by atoms with Crippen molar-refractivity contribution in [2.45, 2.75) is 32.5 Å². The summed E-state index contributed by atoms with van der Waals surface area (Å²) in [5.74, 6) is -0.502. The van der Waals surface area contributed by atoms with E-state index in [4.69, 9.17) is 10.5 Å². The number of hydrogen-bond donors (Lipinski definition) is 4. The van der Waals surface area contributed by atoms with Crippen LogP contribution in [-0.4, -0.2) is 41.5 Å². The Balaban J connectivity index is 1.34. The van der Waals surface area contributed by atoms with E-state index in [2.05, 4.69) is 25.9 Å². The van der Waals surface area contributed by atoms with E-state index in [1.807, 2.05) is 0 Å². The maximum atomic E-state index is 13.2. The normalized spacial score (nSPS) is 11.2. The minimum absolute atomic E-state index is 0.0664. The molecule has 0 aliphatic rings. The highest BCUT2D eigenvalue weighted by molar-refractivity contribution is 5.94. The molecule has 0 atom stereocenters. The van der Waals surface area contributed by atoms with Gasteiger partial charge in [-0.05, 0) is 43.2 Å². The molecule has 202 valence electrons. The zero-order chi connectivity index (χ0) is 27.5. The van der Waals surface area contributed by atoms with Gasteiger partial charge in [0.25, 0.3) is 5.91 Å². The van der Waals surface area contributed by atoms with Gasteiger partial charge < -0.3 is 26.4 Å². The van der Waals surface area contributed by atoms with E-state index in [1.165, 1.54) is 42.9 Å². The van der Waals surface area contributed by atoms with Gasteiger partial charge in [0.1, 0.15) is 0 Å². The van der Waals surface area contributed by atoms with Crippen LogP contribution in [0, 0.1) is 6.92 Å². The lowest BCUT2D eigenvalue weighted by molar-refractivity contribution is -0.137. The fourth-order valence-electron chi connectivity index (χ4n) is 3.45. The van der Waals surface area contributed by atoms with Crippen molar-refractivity contribution in [3.05, 3.63) is 77.4 Å². The van der Waals surface area contributed by atoms with E-state index in [0.29, 0.717) is 47.8 Å². The van der Waals surface area contributed by atoms with Crippen LogP contribution >= 0.6 is 0 Å². The van der Waals surface area contributed by atoms with Crippen molar-refractivity contribution in [2.24, 2.45) is 0 Å². The molecule has 5 N–H and O–H groups in total. The van der Waals surface area contributed by atoms with E-state index in [1.54, 1.807) is 13.0 Å². The van der Waals surface area contributed by atoms with Crippen LogP contribution in [-0.2, 0) is 22.3 Å². The molecule has 12 heteroatoms. The van der Waals surface area contributed by atoms with Crippen LogP contribution in [0.15, 0.2) is 55.0 Å². The van der Waals surface area contributed by atoms with Crippen LogP contribution in [0.4, 0.5) is 30.2 Å². The molecule has 0 spiro atoms. The Morgan fingerprint density at radius 3 is 2.58 bits per heavy atom. The SMILES string of the molecule is Cc1cc(Nc2ccccc2C(F)(F)F)cnc1CNC(=O)CCOCCCNC(=O)c1cncc(N)c1. The monoisotopic (exact) mass is 530 g/mol. The first-order valence-corrected chi connectivity index (χ1v) is 11.9. The lowest BCUT2D eigenvalue weighted by atomic mass is 10.1. The first-order valence-electron chi connectivity index (χ1n) is 11.9. The van der Waals surface area contributed by atoms with Gasteiger partial charge in [0.2, 0.25) is 5.91 Å². The molecule has 0 bridgehead atoms. The Bertz CT molecular complexity index is 1250. The fraction of sp³-hybridized carbons (Fsp3) is 0.308. The summed E-state index contributed by atoms with van der Waals surface area (Å²) in [7, 11) is 0. The van der Waals surface area contributed by atoms with Crippen molar-refractivity contribution in [2.75, 3.05) is 30.8 Å². The summed E-state index contributed by atoms with van der Waals surface area (Å²) < 4.78 is 45.1. The number of rotatable bonds is 12. The highest BCUT2D eigenvalue weighted by Crippen LogP contribution is 2.35. The number of aryl methyl sites for hydroxylation is 1. The lowest BCUT2D eigenvalue weighted by Gasteiger charge is -2.15. The van der Waals surface area contributed by atoms with Gasteiger partial charge in [0, 0.05) is 32.0 Å². The number of halogens is 3. The zero-order valence-electron chi connectivity index (χ0n) is 20.8. The van der Waals surface area contributed by atoms with Crippen molar-refractivity contribution < 1.29 is 27.5 Å². The second kappa shape index (κ2) is 13.4. The molecule has 2 heterocycles. The van der Waals surface area contributed by atoms with Gasteiger partial charge >= 0.3 is 6.18 Å². The quantitative estimate of drug-likeness (QED) is 0.261. The summed E-state index contributed by atoms with van der Waals surface area (Å²) in [5.41, 5.74) is 7.28. The maximum absolute atomic E-state index is 13.2. The van der Waals surface area contributed by atoms with Gasteiger partial charge in [0.05, 0.1) is 53.2 Å². The number of ether oxygens (including phenoxy) is 1. The number of nitrogen functional groups attached to an aromatic ring is 1. The summed E-state index contributed by atoms with van der Waals surface area (Å²) in [6.45, 7) is 2.93. The first-order chi connectivity index (χ1) is 18.1. The Kier molecular flexibility index (Phi) is 9.99. The number of carbonyl (C=O) groups is 2. The van der Waals surface area contributed by atoms with Gasteiger partial charge in [0.15, 0.2) is 0 Å². The Morgan fingerprint density at radius 2 is 1.84 bits per heavy atom. The molecule has 38 heavy (non-hydrogen) atoms. The maximum Gasteiger partial charge on any atom is 0.418 e. The molecule has 0 fully saturated rings. The Hall–Kier alpha value is -4.19. The molecule has 0 saturated carbocycles. The third-order valence-corrected chi connectivity index (χ3v) is 5.40. The number of pyridine rings is 2. The second-order valence-corrected chi connectivity index (χ2v) is 8.41. The number of hydrogen-bond acceptors (Lipinski definition) is 7. The number of amides is 2. The van der Waals surface area contributed by atoms with Gasteiger partial charge in [-0.3, -0.25) is 19.6 Å². The molecule has 9 nitrogen and oxygen atoms in total. The fourth-order valence-corrected chi connectivity index (χ4v) is 3.45. The molecule has 0 radical (unpaired) electrons. The molecule has 0 aliphatic heterocycles. The third kappa shape index (κ3) is 8.73. The molecule has 3 rings (SSSR count). The highest BCUT2D eigenvalue weighted by atomic mass is 19.4. The number of nitrogens with one attached hydrogen (secondary N) is 3. The average Bonchev–Trinajstić information content (AvgIpc) is 2.87. The van der Waals surface area contributed by atoms with Gasteiger partial charge in [-0.25, -0.2) is 0 Å². The minimum Gasteiger partial charge on any atom is -0.397 e. The Labute approximate surface area is 218 Å². The van der Waals surface area contributed by atoms with Crippen molar-refractivity contribution in [3.63, 3.8) is 0 Å². The molecule has 0 aliphatic carbocycles. The molecular formula is C26H29F3N6O3. The topological polar surface area (TPSA) is 131 Å². The lowest BCUT2D eigenvalue weighted by Crippen LogP contribution is -2.26. The molecule has 0 unspecified atom stereocenters. The van der Waals surface area contributed by atoms with Crippen LogP contribution in [0.2, 0.25) is 0 Å². The van der Waals surface area contributed by atoms with Crippen molar-refractivity contribution in [1.29, 1.82) is 0 Å². The molecule has 0 saturated heterocycles. The highest BCUT2D eigenvalue weighted by Gasteiger charge is 2.33. The van der Waals surface area contributed by atoms with E-state index in [-0.39, 0.29) is 37.1 Å². The third-order valence-electron chi connectivity index (χ3n) is 5.40. The first kappa shape index (κ1) is 28.4. The standard InChI is InChI=1S/C26H29F3N6O3/c1-17-11-20(35-22-6-3-2-5-21(22)26(27,28)29)15-33-23(17)16-34-24(36)7-10-38-9-4-8-32-25(37)18-12-19(30)14-31-13-18/h2-3,5-6,11-15,35H,4,7-10,16,30H2,1H3,(H,32,37)(H,34,36). The number of alkyl halides is 3. The predicted molar refractivity (Wildman–Crippen MR) is 137 cm³/mol. The summed E-state index contributed by atoms with van der Waals surface area (Å²) in [5, 5.41) is 8.26. The van der Waals surface area contributed by atoms with Crippen molar-refractivity contribution in [1.82, 2.24) is 20.6 Å². The molecule has 2 amide bonds. The number of para-hydroxylation sites is 1. The molecule has 1 aromatic carbocycles. The summed E-state index contributed by atoms with van der Waals surface area (Å²) in [4.78, 5) is 32.3. The van der Waals surface area contributed by atoms with Crippen LogP contribution < -0.4 is 21.7 Å². The van der Waals surface area contributed by atoms with Crippen LogP contribution in [0.3, 0.4) is 0 Å².